The van der Waals surface area contributed by atoms with Crippen molar-refractivity contribution in [1.82, 2.24) is 0 Å². The van der Waals surface area contributed by atoms with Crippen LogP contribution in [0.2, 0.25) is 0 Å². The minimum absolute atomic E-state index is 0.0234. The summed E-state index contributed by atoms with van der Waals surface area (Å²) in [5.74, 6) is -0.589. The van der Waals surface area contributed by atoms with Gasteiger partial charge in [0.15, 0.2) is 6.10 Å². The van der Waals surface area contributed by atoms with E-state index < -0.39 is 37.0 Å². The summed E-state index contributed by atoms with van der Waals surface area (Å²) in [6.07, 6.45) is 20.8. The fourth-order valence-electron chi connectivity index (χ4n) is 5.77. The minimum atomic E-state index is -0.912. The highest BCUT2D eigenvalue weighted by molar-refractivity contribution is 5.71. The van der Waals surface area contributed by atoms with Crippen molar-refractivity contribution in [2.24, 2.45) is 17.8 Å². The van der Waals surface area contributed by atoms with Crippen molar-refractivity contribution < 1.29 is 39.5 Å². The third-order valence-corrected chi connectivity index (χ3v) is 8.53. The Morgan fingerprint density at radius 2 is 1.48 bits per heavy atom. The molecule has 6 atom stereocenters. The Morgan fingerprint density at radius 3 is 2.11 bits per heavy atom. The van der Waals surface area contributed by atoms with Crippen LogP contribution in [-0.4, -0.2) is 70.0 Å². The van der Waals surface area contributed by atoms with Gasteiger partial charge in [-0.05, 0) is 31.1 Å². The molecule has 1 rings (SSSR count). The number of carbonyl (C=O) groups excluding carboxylic acids is 2. The van der Waals surface area contributed by atoms with Crippen molar-refractivity contribution in [2.45, 2.75) is 161 Å². The van der Waals surface area contributed by atoms with E-state index in [0.717, 1.165) is 44.4 Å². The summed E-state index contributed by atoms with van der Waals surface area (Å²) in [6.45, 7) is 6.04. The SMILES string of the molecule is CCCCC[C@@H](O)/C=C/[C@@H]1[C@H](C/C=C\CC(=O)O[C@@H](CO)COC(=O)CCCCCCCCCCCC(C)C)[C@@H](O)C[C@H]1O. The van der Waals surface area contributed by atoms with Crippen LogP contribution in [0.25, 0.3) is 0 Å². The van der Waals surface area contributed by atoms with Gasteiger partial charge in [0.1, 0.15) is 6.61 Å². The Labute approximate surface area is 267 Å². The van der Waals surface area contributed by atoms with Gasteiger partial charge >= 0.3 is 11.9 Å². The summed E-state index contributed by atoms with van der Waals surface area (Å²) >= 11 is 0. The lowest BCUT2D eigenvalue weighted by Crippen LogP contribution is -2.28. The van der Waals surface area contributed by atoms with Crippen LogP contribution in [0.3, 0.4) is 0 Å². The van der Waals surface area contributed by atoms with E-state index in [-0.39, 0.29) is 37.3 Å². The largest absolute Gasteiger partial charge is 0.462 e. The Hall–Kier alpha value is -1.74. The predicted octanol–water partition coefficient (Wildman–Crippen LogP) is 6.57. The molecule has 0 spiro atoms. The second-order valence-electron chi connectivity index (χ2n) is 13.1. The normalized spacial score (nSPS) is 21.8. The van der Waals surface area contributed by atoms with E-state index in [0.29, 0.717) is 19.3 Å². The Kier molecular flexibility index (Phi) is 23.3. The zero-order chi connectivity index (χ0) is 32.6. The van der Waals surface area contributed by atoms with Gasteiger partial charge in [-0.2, -0.15) is 0 Å². The molecular formula is C36H64O8. The molecule has 0 amide bonds. The molecule has 0 bridgehead atoms. The van der Waals surface area contributed by atoms with Crippen LogP contribution in [0.5, 0.6) is 0 Å². The van der Waals surface area contributed by atoms with Crippen molar-refractivity contribution in [3.63, 3.8) is 0 Å². The summed E-state index contributed by atoms with van der Waals surface area (Å²) < 4.78 is 10.5. The molecule has 256 valence electrons. The number of carbonyl (C=O) groups is 2. The van der Waals surface area contributed by atoms with Gasteiger partial charge in [0.25, 0.3) is 0 Å². The maximum Gasteiger partial charge on any atom is 0.310 e. The molecule has 0 aromatic heterocycles. The summed E-state index contributed by atoms with van der Waals surface area (Å²) in [7, 11) is 0. The van der Waals surface area contributed by atoms with Gasteiger partial charge in [-0.1, -0.05) is 122 Å². The Morgan fingerprint density at radius 1 is 0.841 bits per heavy atom. The zero-order valence-corrected chi connectivity index (χ0v) is 27.9. The van der Waals surface area contributed by atoms with Gasteiger partial charge in [-0.25, -0.2) is 0 Å². The second-order valence-corrected chi connectivity index (χ2v) is 13.1. The molecule has 0 unspecified atom stereocenters. The molecule has 1 saturated carbocycles. The number of aliphatic hydroxyl groups is 4. The molecule has 1 fully saturated rings. The van der Waals surface area contributed by atoms with E-state index >= 15 is 0 Å². The molecule has 1 aliphatic carbocycles. The predicted molar refractivity (Wildman–Crippen MR) is 175 cm³/mol. The number of rotatable bonds is 26. The first kappa shape index (κ1) is 40.3. The third-order valence-electron chi connectivity index (χ3n) is 8.53. The van der Waals surface area contributed by atoms with E-state index in [1.54, 1.807) is 18.2 Å². The van der Waals surface area contributed by atoms with Gasteiger partial charge in [-0.3, -0.25) is 9.59 Å². The number of aliphatic hydroxyl groups excluding tert-OH is 4. The highest BCUT2D eigenvalue weighted by atomic mass is 16.6. The monoisotopic (exact) mass is 624 g/mol. The first-order valence-electron chi connectivity index (χ1n) is 17.5. The molecule has 44 heavy (non-hydrogen) atoms. The molecule has 0 heterocycles. The van der Waals surface area contributed by atoms with Crippen LogP contribution in [0, 0.1) is 17.8 Å². The standard InChI is InChI=1S/C36H64O8/c1-4-5-13-19-29(38)23-24-32-31(33(39)25-34(32)40)20-16-17-22-36(42)44-30(26-37)27-43-35(41)21-15-12-10-8-6-7-9-11-14-18-28(2)3/h16-17,23-24,28-34,37-40H,4-15,18-22,25-27H2,1-3H3/b17-16-,24-23+/t29-,30+,31+,32-,33+,34-/m1/s1. The summed E-state index contributed by atoms with van der Waals surface area (Å²) in [6, 6.07) is 0. The minimum Gasteiger partial charge on any atom is -0.462 e. The van der Waals surface area contributed by atoms with Crippen molar-refractivity contribution >= 4 is 11.9 Å². The van der Waals surface area contributed by atoms with Crippen molar-refractivity contribution in [2.75, 3.05) is 13.2 Å². The molecule has 0 aliphatic heterocycles. The van der Waals surface area contributed by atoms with E-state index in [1.807, 2.05) is 6.08 Å². The molecule has 0 radical (unpaired) electrons. The first-order valence-corrected chi connectivity index (χ1v) is 17.5. The molecule has 8 nitrogen and oxygen atoms in total. The Balaban J connectivity index is 2.23. The lowest BCUT2D eigenvalue weighted by Gasteiger charge is -2.19. The summed E-state index contributed by atoms with van der Waals surface area (Å²) in [5.41, 5.74) is 0. The molecule has 8 heteroatoms. The fraction of sp³-hybridized carbons (Fsp3) is 0.833. The number of hydrogen-bond donors (Lipinski definition) is 4. The number of unbranched alkanes of at least 4 members (excludes halogenated alkanes) is 10. The van der Waals surface area contributed by atoms with Crippen LogP contribution in [0.15, 0.2) is 24.3 Å². The van der Waals surface area contributed by atoms with Gasteiger partial charge in [0.2, 0.25) is 0 Å². The molecular weight excluding hydrogens is 560 g/mol. The lowest BCUT2D eigenvalue weighted by atomic mass is 9.89. The van der Waals surface area contributed by atoms with Crippen molar-refractivity contribution in [1.29, 1.82) is 0 Å². The van der Waals surface area contributed by atoms with Crippen LogP contribution in [0.4, 0.5) is 0 Å². The molecule has 4 N–H and O–H groups in total. The maximum atomic E-state index is 12.3. The summed E-state index contributed by atoms with van der Waals surface area (Å²) in [5, 5.41) is 40.6. The molecule has 0 saturated heterocycles. The highest BCUT2D eigenvalue weighted by Gasteiger charge is 2.39. The van der Waals surface area contributed by atoms with Crippen LogP contribution in [-0.2, 0) is 19.1 Å². The summed E-state index contributed by atoms with van der Waals surface area (Å²) in [4.78, 5) is 24.3. The van der Waals surface area contributed by atoms with Crippen molar-refractivity contribution in [3.8, 4) is 0 Å². The molecule has 0 aromatic rings. The number of allylic oxidation sites excluding steroid dienone is 1. The lowest BCUT2D eigenvalue weighted by molar-refractivity contribution is -0.160. The van der Waals surface area contributed by atoms with Crippen LogP contribution >= 0.6 is 0 Å². The topological polar surface area (TPSA) is 134 Å². The Bertz CT molecular complexity index is 795. The molecule has 0 aromatic carbocycles. The van der Waals surface area contributed by atoms with Gasteiger partial charge in [0, 0.05) is 18.8 Å². The zero-order valence-electron chi connectivity index (χ0n) is 27.9. The number of hydrogen-bond acceptors (Lipinski definition) is 8. The van der Waals surface area contributed by atoms with Gasteiger partial charge in [0.05, 0.1) is 31.3 Å². The van der Waals surface area contributed by atoms with Crippen LogP contribution < -0.4 is 0 Å². The number of ether oxygens (including phenoxy) is 2. The fourth-order valence-corrected chi connectivity index (χ4v) is 5.77. The average molecular weight is 625 g/mol. The smallest absolute Gasteiger partial charge is 0.310 e. The second kappa shape index (κ2) is 25.5. The molecule has 1 aliphatic rings. The van der Waals surface area contributed by atoms with Gasteiger partial charge in [-0.15, -0.1) is 0 Å². The average Bonchev–Trinajstić information content (AvgIpc) is 3.26. The van der Waals surface area contributed by atoms with E-state index in [2.05, 4.69) is 20.8 Å². The van der Waals surface area contributed by atoms with Gasteiger partial charge < -0.3 is 29.9 Å². The number of esters is 2. The van der Waals surface area contributed by atoms with Crippen LogP contribution in [0.1, 0.15) is 136 Å². The third kappa shape index (κ3) is 19.6. The van der Waals surface area contributed by atoms with E-state index in [9.17, 15) is 30.0 Å². The first-order chi connectivity index (χ1) is 21.2. The van der Waals surface area contributed by atoms with Crippen molar-refractivity contribution in [3.05, 3.63) is 24.3 Å². The quantitative estimate of drug-likeness (QED) is 0.0482. The highest BCUT2D eigenvalue weighted by Crippen LogP contribution is 2.36. The van der Waals surface area contributed by atoms with E-state index in [4.69, 9.17) is 9.47 Å². The maximum absolute atomic E-state index is 12.3. The van der Waals surface area contributed by atoms with E-state index in [1.165, 1.54) is 44.9 Å².